The van der Waals surface area contributed by atoms with Crippen LogP contribution in [0.4, 0.5) is 13.2 Å². The molecule has 0 aromatic carbocycles. The maximum atomic E-state index is 13.9. The molecule has 5 rings (SSSR count). The number of aliphatic hydroxyl groups is 1. The maximum absolute atomic E-state index is 13.9. The molecule has 29 heavy (non-hydrogen) atoms. The number of alkyl halides is 3. The van der Waals surface area contributed by atoms with Crippen LogP contribution in [0.5, 0.6) is 0 Å². The number of esters is 1. The molecule has 4 saturated carbocycles. The van der Waals surface area contributed by atoms with E-state index in [0.717, 1.165) is 12.5 Å². The molecule has 4 atom stereocenters. The summed E-state index contributed by atoms with van der Waals surface area (Å²) in [5, 5.41) is 10.6. The summed E-state index contributed by atoms with van der Waals surface area (Å²) in [5.74, 6) is -3.98. The third-order valence-corrected chi connectivity index (χ3v) is 7.29. The highest BCUT2D eigenvalue weighted by Crippen LogP contribution is 2.66. The van der Waals surface area contributed by atoms with Crippen molar-refractivity contribution in [1.82, 2.24) is 0 Å². The molecule has 1 saturated heterocycles. The summed E-state index contributed by atoms with van der Waals surface area (Å²) in [6, 6.07) is 0. The molecule has 1 spiro atoms. The van der Waals surface area contributed by atoms with E-state index in [-0.39, 0.29) is 17.8 Å². The van der Waals surface area contributed by atoms with Gasteiger partial charge in [-0.15, -0.1) is 0 Å². The lowest BCUT2D eigenvalue weighted by Gasteiger charge is -2.67. The molecule has 1 heterocycles. The van der Waals surface area contributed by atoms with Gasteiger partial charge < -0.3 is 19.3 Å². The predicted molar refractivity (Wildman–Crippen MR) is 96.3 cm³/mol. The standard InChI is InChI=1S/C21H29F3O5/c1-5-15(25)27-18-8-12-6-13(9-18)19(14(7-12)10-18)11-20(26,21(22,23)24)29-16(28-19)17(2,3)4/h5,12-14,16,26H,1,6-11H2,2-4H3. The van der Waals surface area contributed by atoms with Crippen molar-refractivity contribution in [3.05, 3.63) is 12.7 Å². The summed E-state index contributed by atoms with van der Waals surface area (Å²) in [6.07, 6.45) is -2.67. The van der Waals surface area contributed by atoms with E-state index in [1.807, 2.05) is 0 Å². The third kappa shape index (κ3) is 3.22. The Morgan fingerprint density at radius 3 is 2.21 bits per heavy atom. The molecule has 0 aromatic heterocycles. The lowest BCUT2D eigenvalue weighted by Crippen LogP contribution is -2.73. The number of carbonyl (C=O) groups excluding carboxylic acids is 1. The molecular formula is C21H29F3O5. The summed E-state index contributed by atoms with van der Waals surface area (Å²) in [5.41, 5.74) is -2.59. The van der Waals surface area contributed by atoms with Gasteiger partial charge in [-0.3, -0.25) is 0 Å². The normalized spacial score (nSPS) is 46.7. The van der Waals surface area contributed by atoms with Crippen LogP contribution in [-0.2, 0) is 19.0 Å². The first-order valence-corrected chi connectivity index (χ1v) is 10.2. The second-order valence-electron chi connectivity index (χ2n) is 10.5. The Morgan fingerprint density at radius 1 is 1.14 bits per heavy atom. The maximum Gasteiger partial charge on any atom is 0.443 e. The van der Waals surface area contributed by atoms with E-state index in [4.69, 9.17) is 14.2 Å². The summed E-state index contributed by atoms with van der Waals surface area (Å²) in [4.78, 5) is 11.9. The van der Waals surface area contributed by atoms with Crippen LogP contribution in [0.15, 0.2) is 12.7 Å². The fourth-order valence-electron chi connectivity index (χ4n) is 6.23. The molecule has 0 amide bonds. The molecule has 8 heteroatoms. The average Bonchev–Trinajstić information content (AvgIpc) is 2.56. The molecule has 0 aromatic rings. The van der Waals surface area contributed by atoms with E-state index in [1.165, 1.54) is 0 Å². The molecule has 5 nitrogen and oxygen atoms in total. The third-order valence-electron chi connectivity index (χ3n) is 7.29. The van der Waals surface area contributed by atoms with Gasteiger partial charge in [-0.1, -0.05) is 27.4 Å². The van der Waals surface area contributed by atoms with Gasteiger partial charge in [0.15, 0.2) is 6.29 Å². The number of halogens is 3. The van der Waals surface area contributed by atoms with Gasteiger partial charge in [0, 0.05) is 17.9 Å². The molecular weight excluding hydrogens is 389 g/mol. The van der Waals surface area contributed by atoms with Gasteiger partial charge in [0.05, 0.1) is 5.60 Å². The minimum atomic E-state index is -4.94. The quantitative estimate of drug-likeness (QED) is 0.541. The Hall–Kier alpha value is -1.12. The minimum absolute atomic E-state index is 0.242. The van der Waals surface area contributed by atoms with Crippen molar-refractivity contribution in [2.24, 2.45) is 23.2 Å². The van der Waals surface area contributed by atoms with Crippen LogP contribution in [0.2, 0.25) is 0 Å². The van der Waals surface area contributed by atoms with Crippen molar-refractivity contribution in [1.29, 1.82) is 0 Å². The summed E-state index contributed by atoms with van der Waals surface area (Å²) in [7, 11) is 0. The van der Waals surface area contributed by atoms with Crippen molar-refractivity contribution in [3.8, 4) is 0 Å². The Morgan fingerprint density at radius 2 is 1.72 bits per heavy atom. The highest BCUT2D eigenvalue weighted by atomic mass is 19.4. The highest BCUT2D eigenvalue weighted by molar-refractivity contribution is 5.81. The molecule has 5 fully saturated rings. The fourth-order valence-corrected chi connectivity index (χ4v) is 6.23. The van der Waals surface area contributed by atoms with Crippen LogP contribution >= 0.6 is 0 Å². The number of carbonyl (C=O) groups is 1. The zero-order valence-electron chi connectivity index (χ0n) is 17.1. The first-order chi connectivity index (χ1) is 13.2. The van der Waals surface area contributed by atoms with E-state index in [2.05, 4.69) is 6.58 Å². The zero-order chi connectivity index (χ0) is 21.5. The average molecular weight is 418 g/mol. The molecule has 164 valence electrons. The van der Waals surface area contributed by atoms with Crippen LogP contribution in [0.3, 0.4) is 0 Å². The smallest absolute Gasteiger partial charge is 0.443 e. The lowest BCUT2D eigenvalue weighted by molar-refractivity contribution is -0.480. The van der Waals surface area contributed by atoms with Gasteiger partial charge in [-0.2, -0.15) is 13.2 Å². The van der Waals surface area contributed by atoms with Crippen molar-refractivity contribution in [3.63, 3.8) is 0 Å². The molecule has 5 aliphatic rings. The Bertz CT molecular complexity index is 696. The van der Waals surface area contributed by atoms with E-state index >= 15 is 0 Å². The van der Waals surface area contributed by atoms with Crippen LogP contribution in [0, 0.1) is 23.2 Å². The lowest BCUT2D eigenvalue weighted by atomic mass is 9.46. The number of ether oxygens (including phenoxy) is 3. The first kappa shape index (κ1) is 21.1. The summed E-state index contributed by atoms with van der Waals surface area (Å²) < 4.78 is 58.8. The topological polar surface area (TPSA) is 65.0 Å². The number of hydrogen-bond donors (Lipinski definition) is 1. The summed E-state index contributed by atoms with van der Waals surface area (Å²) >= 11 is 0. The van der Waals surface area contributed by atoms with Gasteiger partial charge in [-0.25, -0.2) is 4.79 Å². The van der Waals surface area contributed by atoms with E-state index in [9.17, 15) is 23.1 Å². The van der Waals surface area contributed by atoms with Crippen LogP contribution < -0.4 is 0 Å². The molecule has 1 N–H and O–H groups in total. The van der Waals surface area contributed by atoms with E-state index in [1.54, 1.807) is 20.8 Å². The summed E-state index contributed by atoms with van der Waals surface area (Å²) in [6.45, 7) is 8.65. The number of rotatable bonds is 2. The molecule has 4 bridgehead atoms. The predicted octanol–water partition coefficient (Wildman–Crippen LogP) is 4.09. The second-order valence-corrected chi connectivity index (χ2v) is 10.5. The first-order valence-electron chi connectivity index (χ1n) is 10.2. The van der Waals surface area contributed by atoms with Crippen LogP contribution in [-0.4, -0.2) is 40.5 Å². The van der Waals surface area contributed by atoms with Crippen molar-refractivity contribution < 1.29 is 37.3 Å². The monoisotopic (exact) mass is 418 g/mol. The van der Waals surface area contributed by atoms with Crippen LogP contribution in [0.1, 0.15) is 59.3 Å². The van der Waals surface area contributed by atoms with E-state index in [0.29, 0.717) is 25.7 Å². The highest BCUT2D eigenvalue weighted by Gasteiger charge is 2.72. The van der Waals surface area contributed by atoms with Gasteiger partial charge in [0.25, 0.3) is 5.79 Å². The largest absolute Gasteiger partial charge is 0.456 e. The molecule has 0 radical (unpaired) electrons. The zero-order valence-corrected chi connectivity index (χ0v) is 17.1. The van der Waals surface area contributed by atoms with Gasteiger partial charge in [0.2, 0.25) is 0 Å². The van der Waals surface area contributed by atoms with Crippen molar-refractivity contribution in [2.75, 3.05) is 0 Å². The van der Waals surface area contributed by atoms with Gasteiger partial charge in [0.1, 0.15) is 5.60 Å². The van der Waals surface area contributed by atoms with E-state index < -0.39 is 47.3 Å². The van der Waals surface area contributed by atoms with Crippen LogP contribution in [0.25, 0.3) is 0 Å². The fraction of sp³-hybridized carbons (Fsp3) is 0.857. The molecule has 4 unspecified atom stereocenters. The Labute approximate surface area is 168 Å². The van der Waals surface area contributed by atoms with Crippen molar-refractivity contribution >= 4 is 5.97 Å². The number of hydrogen-bond acceptors (Lipinski definition) is 5. The van der Waals surface area contributed by atoms with Gasteiger partial charge >= 0.3 is 12.1 Å². The Balaban J connectivity index is 1.72. The SMILES string of the molecule is C=CC(=O)OC12CC3CC(C1)C1(CC(O)(C(F)(F)F)OC(C(C)(C)C)O1)C(C3)C2. The van der Waals surface area contributed by atoms with Crippen molar-refractivity contribution in [2.45, 2.75) is 88.8 Å². The Kier molecular flexibility index (Phi) is 4.52. The van der Waals surface area contributed by atoms with Gasteiger partial charge in [-0.05, 0) is 49.9 Å². The minimum Gasteiger partial charge on any atom is -0.456 e. The molecule has 4 aliphatic carbocycles. The second kappa shape index (κ2) is 6.20. The molecule has 1 aliphatic heterocycles.